The van der Waals surface area contributed by atoms with Gasteiger partial charge in [0.15, 0.2) is 17.3 Å². The molecule has 0 aliphatic rings. The topological polar surface area (TPSA) is 73.9 Å². The van der Waals surface area contributed by atoms with Crippen LogP contribution >= 0.6 is 0 Å². The van der Waals surface area contributed by atoms with E-state index in [0.29, 0.717) is 44.1 Å². The van der Waals surface area contributed by atoms with Gasteiger partial charge in [0, 0.05) is 24.9 Å². The minimum absolute atomic E-state index is 0.0509. The molecule has 168 valence electrons. The zero-order valence-electron chi connectivity index (χ0n) is 18.7. The molecular formula is C25H33NO5. The van der Waals surface area contributed by atoms with Crippen LogP contribution in [0.25, 0.3) is 0 Å². The predicted octanol–water partition coefficient (Wildman–Crippen LogP) is 4.59. The second kappa shape index (κ2) is 13.3. The quantitative estimate of drug-likeness (QED) is 0.446. The van der Waals surface area contributed by atoms with E-state index in [1.807, 2.05) is 39.0 Å². The van der Waals surface area contributed by atoms with E-state index >= 15 is 0 Å². The molecule has 0 aromatic heterocycles. The highest BCUT2D eigenvalue weighted by Gasteiger charge is 2.10. The predicted molar refractivity (Wildman–Crippen MR) is 121 cm³/mol. The van der Waals surface area contributed by atoms with Crippen LogP contribution in [0.15, 0.2) is 42.5 Å². The Hall–Kier alpha value is -3.02. The fraction of sp³-hybridized carbons (Fsp3) is 0.440. The number of Topliss-reactive ketones (excluding diaryl/α,β-unsaturated/α-hetero) is 1. The molecule has 2 aromatic rings. The SMILES string of the molecule is CCCOc1ccc(C(=O)CCC(=O)NCCc2ccc(OCC)c(OCC)c2)cc1. The van der Waals surface area contributed by atoms with Crippen LogP contribution in [0.4, 0.5) is 0 Å². The summed E-state index contributed by atoms with van der Waals surface area (Å²) in [7, 11) is 0. The van der Waals surface area contributed by atoms with Crippen LogP contribution in [0.5, 0.6) is 17.2 Å². The van der Waals surface area contributed by atoms with Crippen molar-refractivity contribution in [2.45, 2.75) is 46.5 Å². The zero-order chi connectivity index (χ0) is 22.5. The molecule has 0 aliphatic heterocycles. The maximum absolute atomic E-state index is 12.3. The van der Waals surface area contributed by atoms with Crippen molar-refractivity contribution in [1.29, 1.82) is 0 Å². The number of nitrogens with one attached hydrogen (secondary N) is 1. The summed E-state index contributed by atoms with van der Waals surface area (Å²) in [5.41, 5.74) is 1.64. The van der Waals surface area contributed by atoms with Crippen molar-refractivity contribution < 1.29 is 23.8 Å². The molecular weight excluding hydrogens is 394 g/mol. The number of amides is 1. The van der Waals surface area contributed by atoms with E-state index in [0.717, 1.165) is 23.5 Å². The van der Waals surface area contributed by atoms with E-state index in [1.165, 1.54) is 0 Å². The summed E-state index contributed by atoms with van der Waals surface area (Å²) in [5, 5.41) is 2.88. The average molecular weight is 428 g/mol. The van der Waals surface area contributed by atoms with Gasteiger partial charge in [0.05, 0.1) is 19.8 Å². The number of ether oxygens (including phenoxy) is 3. The first kappa shape index (κ1) is 24.3. The van der Waals surface area contributed by atoms with Gasteiger partial charge in [0.25, 0.3) is 0 Å². The van der Waals surface area contributed by atoms with Gasteiger partial charge in [-0.15, -0.1) is 0 Å². The molecule has 1 amide bonds. The van der Waals surface area contributed by atoms with E-state index in [4.69, 9.17) is 14.2 Å². The summed E-state index contributed by atoms with van der Waals surface area (Å²) in [5.74, 6) is 2.00. The van der Waals surface area contributed by atoms with Crippen LogP contribution in [0.3, 0.4) is 0 Å². The Morgan fingerprint density at radius 3 is 2.23 bits per heavy atom. The highest BCUT2D eigenvalue weighted by Crippen LogP contribution is 2.28. The number of benzene rings is 2. The summed E-state index contributed by atoms with van der Waals surface area (Å²) in [6.07, 6.45) is 1.95. The van der Waals surface area contributed by atoms with Crippen molar-refractivity contribution >= 4 is 11.7 Å². The lowest BCUT2D eigenvalue weighted by Crippen LogP contribution is -2.26. The molecule has 2 rings (SSSR count). The standard InChI is InChI=1S/C25H33NO5/c1-4-17-31-21-10-8-20(9-11-21)22(27)12-14-25(28)26-16-15-19-7-13-23(29-5-2)24(18-19)30-6-3/h7-11,13,18H,4-6,12,14-17H2,1-3H3,(H,26,28). The Morgan fingerprint density at radius 1 is 0.839 bits per heavy atom. The number of ketones is 1. The van der Waals surface area contributed by atoms with Crippen LogP contribution in [0, 0.1) is 0 Å². The highest BCUT2D eigenvalue weighted by molar-refractivity contribution is 5.98. The van der Waals surface area contributed by atoms with E-state index in [2.05, 4.69) is 5.32 Å². The van der Waals surface area contributed by atoms with Crippen LogP contribution in [-0.2, 0) is 11.2 Å². The summed E-state index contributed by atoms with van der Waals surface area (Å²) in [6, 6.07) is 12.9. The van der Waals surface area contributed by atoms with Crippen molar-refractivity contribution in [3.8, 4) is 17.2 Å². The van der Waals surface area contributed by atoms with Crippen molar-refractivity contribution in [3.05, 3.63) is 53.6 Å². The largest absolute Gasteiger partial charge is 0.494 e. The van der Waals surface area contributed by atoms with Gasteiger partial charge < -0.3 is 19.5 Å². The molecule has 0 spiro atoms. The Bertz CT molecular complexity index is 832. The molecule has 0 radical (unpaired) electrons. The molecule has 0 fully saturated rings. The molecule has 0 unspecified atom stereocenters. The van der Waals surface area contributed by atoms with Gasteiger partial charge in [0.1, 0.15) is 5.75 Å². The second-order valence-corrected chi connectivity index (χ2v) is 7.04. The Balaban J connectivity index is 1.75. The number of carbonyl (C=O) groups is 2. The third kappa shape index (κ3) is 8.32. The van der Waals surface area contributed by atoms with Gasteiger partial charge in [-0.2, -0.15) is 0 Å². The molecule has 6 nitrogen and oxygen atoms in total. The summed E-state index contributed by atoms with van der Waals surface area (Å²) in [4.78, 5) is 24.4. The number of rotatable bonds is 14. The van der Waals surface area contributed by atoms with Crippen LogP contribution in [0.1, 0.15) is 56.0 Å². The van der Waals surface area contributed by atoms with Crippen molar-refractivity contribution in [3.63, 3.8) is 0 Å². The lowest BCUT2D eigenvalue weighted by atomic mass is 10.1. The molecule has 6 heteroatoms. The van der Waals surface area contributed by atoms with E-state index < -0.39 is 0 Å². The Labute approximate surface area is 184 Å². The number of hydrogen-bond acceptors (Lipinski definition) is 5. The highest BCUT2D eigenvalue weighted by atomic mass is 16.5. The fourth-order valence-corrected chi connectivity index (χ4v) is 3.01. The summed E-state index contributed by atoms with van der Waals surface area (Å²) < 4.78 is 16.7. The third-order valence-corrected chi connectivity index (χ3v) is 4.57. The fourth-order valence-electron chi connectivity index (χ4n) is 3.01. The van der Waals surface area contributed by atoms with Crippen molar-refractivity contribution in [1.82, 2.24) is 5.32 Å². The lowest BCUT2D eigenvalue weighted by molar-refractivity contribution is -0.121. The molecule has 0 saturated carbocycles. The Morgan fingerprint density at radius 2 is 1.55 bits per heavy atom. The lowest BCUT2D eigenvalue weighted by Gasteiger charge is -2.12. The van der Waals surface area contributed by atoms with E-state index in [1.54, 1.807) is 24.3 Å². The van der Waals surface area contributed by atoms with Crippen LogP contribution in [-0.4, -0.2) is 38.1 Å². The first-order valence-corrected chi connectivity index (χ1v) is 11.0. The smallest absolute Gasteiger partial charge is 0.220 e. The zero-order valence-corrected chi connectivity index (χ0v) is 18.7. The van der Waals surface area contributed by atoms with Crippen molar-refractivity contribution in [2.75, 3.05) is 26.4 Å². The van der Waals surface area contributed by atoms with Crippen LogP contribution in [0.2, 0.25) is 0 Å². The Kier molecular flexibility index (Phi) is 10.4. The maximum Gasteiger partial charge on any atom is 0.220 e. The van der Waals surface area contributed by atoms with Gasteiger partial charge in [-0.05, 0) is 68.7 Å². The third-order valence-electron chi connectivity index (χ3n) is 4.57. The van der Waals surface area contributed by atoms with Crippen LogP contribution < -0.4 is 19.5 Å². The second-order valence-electron chi connectivity index (χ2n) is 7.04. The molecule has 0 heterocycles. The minimum atomic E-state index is -0.132. The normalized spacial score (nSPS) is 10.4. The molecule has 2 aromatic carbocycles. The van der Waals surface area contributed by atoms with Gasteiger partial charge in [-0.1, -0.05) is 13.0 Å². The van der Waals surface area contributed by atoms with E-state index in [-0.39, 0.29) is 24.5 Å². The molecule has 31 heavy (non-hydrogen) atoms. The van der Waals surface area contributed by atoms with Gasteiger partial charge in [-0.3, -0.25) is 9.59 Å². The van der Waals surface area contributed by atoms with Gasteiger partial charge >= 0.3 is 0 Å². The monoisotopic (exact) mass is 427 g/mol. The first-order chi connectivity index (χ1) is 15.1. The van der Waals surface area contributed by atoms with Gasteiger partial charge in [-0.25, -0.2) is 0 Å². The van der Waals surface area contributed by atoms with Crippen molar-refractivity contribution in [2.24, 2.45) is 0 Å². The van der Waals surface area contributed by atoms with Gasteiger partial charge in [0.2, 0.25) is 5.91 Å². The maximum atomic E-state index is 12.3. The molecule has 0 saturated heterocycles. The number of hydrogen-bond donors (Lipinski definition) is 1. The summed E-state index contributed by atoms with van der Waals surface area (Å²) >= 11 is 0. The summed E-state index contributed by atoms with van der Waals surface area (Å²) in [6.45, 7) is 8.18. The first-order valence-electron chi connectivity index (χ1n) is 11.0. The number of carbonyl (C=O) groups excluding carboxylic acids is 2. The molecule has 0 atom stereocenters. The van der Waals surface area contributed by atoms with E-state index in [9.17, 15) is 9.59 Å². The molecule has 0 bridgehead atoms. The average Bonchev–Trinajstić information content (AvgIpc) is 2.78. The minimum Gasteiger partial charge on any atom is -0.494 e. The molecule has 0 aliphatic carbocycles. The molecule has 1 N–H and O–H groups in total.